The molecule has 0 radical (unpaired) electrons. The topological polar surface area (TPSA) is 4.36 Å². The monoisotopic (exact) mass is 207 g/mol. The van der Waals surface area contributed by atoms with Crippen LogP contribution < -0.4 is 0 Å². The molecule has 0 aliphatic heterocycles. The van der Waals surface area contributed by atoms with E-state index in [-0.39, 0.29) is 0 Å². The third kappa shape index (κ3) is 1.83. The van der Waals surface area contributed by atoms with E-state index in [9.17, 15) is 0 Å². The molecule has 0 saturated carbocycles. The highest BCUT2D eigenvalue weighted by Gasteiger charge is 2.04. The van der Waals surface area contributed by atoms with E-state index in [1.54, 1.807) is 0 Å². The molecule has 0 atom stereocenters. The van der Waals surface area contributed by atoms with Crippen LogP contribution in [0.25, 0.3) is 16.0 Å². The van der Waals surface area contributed by atoms with Crippen LogP contribution in [0.3, 0.4) is 0 Å². The molecular formula is C15H13N. The first-order valence-electron chi connectivity index (χ1n) is 5.26. The van der Waals surface area contributed by atoms with Crippen LogP contribution in [0.2, 0.25) is 0 Å². The summed E-state index contributed by atoms with van der Waals surface area (Å²) in [6.07, 6.45) is 0. The molecule has 0 aliphatic carbocycles. The molecule has 0 N–H and O–H groups in total. The Bertz CT molecular complexity index is 524. The van der Waals surface area contributed by atoms with Crippen molar-refractivity contribution in [1.82, 2.24) is 0 Å². The maximum atomic E-state index is 6.93. The van der Waals surface area contributed by atoms with Gasteiger partial charge in [-0.15, -0.1) is 0 Å². The maximum Gasteiger partial charge on any atom is 0.187 e. The van der Waals surface area contributed by atoms with Crippen molar-refractivity contribution >= 4 is 5.69 Å². The highest BCUT2D eigenvalue weighted by Crippen LogP contribution is 2.28. The third-order valence-electron chi connectivity index (χ3n) is 2.77. The second-order valence-corrected chi connectivity index (χ2v) is 3.93. The van der Waals surface area contributed by atoms with E-state index in [0.717, 1.165) is 0 Å². The molecule has 0 aromatic heterocycles. The minimum atomic E-state index is 0.690. The van der Waals surface area contributed by atoms with Crippen molar-refractivity contribution < 1.29 is 0 Å². The van der Waals surface area contributed by atoms with Gasteiger partial charge in [-0.25, -0.2) is 4.85 Å². The second-order valence-electron chi connectivity index (χ2n) is 3.93. The predicted molar refractivity (Wildman–Crippen MR) is 67.6 cm³/mol. The van der Waals surface area contributed by atoms with Gasteiger partial charge in [0.2, 0.25) is 0 Å². The van der Waals surface area contributed by atoms with Crippen molar-refractivity contribution in [2.75, 3.05) is 0 Å². The molecule has 2 rings (SSSR count). The molecule has 0 amide bonds. The Labute approximate surface area is 96.2 Å². The zero-order valence-electron chi connectivity index (χ0n) is 9.49. The number of aryl methyl sites for hydroxylation is 2. The largest absolute Gasteiger partial charge is 0.238 e. The molecule has 0 bridgehead atoms. The van der Waals surface area contributed by atoms with Gasteiger partial charge in [0.1, 0.15) is 0 Å². The molecule has 16 heavy (non-hydrogen) atoms. The molecule has 2 aromatic rings. The van der Waals surface area contributed by atoms with E-state index in [0.29, 0.717) is 5.69 Å². The van der Waals surface area contributed by atoms with Crippen molar-refractivity contribution in [2.24, 2.45) is 0 Å². The van der Waals surface area contributed by atoms with Crippen LogP contribution in [0.5, 0.6) is 0 Å². The summed E-state index contributed by atoms with van der Waals surface area (Å²) in [4.78, 5) is 3.40. The van der Waals surface area contributed by atoms with Crippen LogP contribution in [0, 0.1) is 20.4 Å². The lowest BCUT2D eigenvalue weighted by Crippen LogP contribution is -1.86. The van der Waals surface area contributed by atoms with Crippen molar-refractivity contribution in [3.63, 3.8) is 0 Å². The minimum Gasteiger partial charge on any atom is -0.238 e. The fourth-order valence-electron chi connectivity index (χ4n) is 1.97. The highest BCUT2D eigenvalue weighted by atomic mass is 14.6. The molecule has 78 valence electrons. The van der Waals surface area contributed by atoms with Crippen LogP contribution in [0.4, 0.5) is 5.69 Å². The van der Waals surface area contributed by atoms with Gasteiger partial charge in [-0.05, 0) is 36.1 Å². The molecule has 0 aliphatic rings. The van der Waals surface area contributed by atoms with Gasteiger partial charge in [-0.2, -0.15) is 0 Å². The van der Waals surface area contributed by atoms with Gasteiger partial charge < -0.3 is 0 Å². The van der Waals surface area contributed by atoms with Crippen LogP contribution in [0.15, 0.2) is 42.5 Å². The normalized spacial score (nSPS) is 9.81. The Morgan fingerprint density at radius 1 is 0.875 bits per heavy atom. The van der Waals surface area contributed by atoms with Crippen LogP contribution >= 0.6 is 0 Å². The standard InChI is InChI=1S/C15H13N/c1-11-5-4-6-12(2)15(11)13-7-9-14(16-3)10-8-13/h4-10H,1-2H3. The first-order chi connectivity index (χ1) is 7.72. The fourth-order valence-corrected chi connectivity index (χ4v) is 1.97. The lowest BCUT2D eigenvalue weighted by Gasteiger charge is -2.09. The van der Waals surface area contributed by atoms with Gasteiger partial charge in [-0.3, -0.25) is 0 Å². The minimum absolute atomic E-state index is 0.690. The van der Waals surface area contributed by atoms with E-state index in [4.69, 9.17) is 6.57 Å². The van der Waals surface area contributed by atoms with Crippen molar-refractivity contribution in [3.8, 4) is 11.1 Å². The summed E-state index contributed by atoms with van der Waals surface area (Å²) < 4.78 is 0. The van der Waals surface area contributed by atoms with E-state index in [1.807, 2.05) is 24.3 Å². The summed E-state index contributed by atoms with van der Waals surface area (Å²) in [6, 6.07) is 14.1. The van der Waals surface area contributed by atoms with Crippen molar-refractivity contribution in [2.45, 2.75) is 13.8 Å². The Hall–Kier alpha value is -2.07. The summed E-state index contributed by atoms with van der Waals surface area (Å²) in [5.41, 5.74) is 5.70. The number of rotatable bonds is 1. The average molecular weight is 207 g/mol. The van der Waals surface area contributed by atoms with E-state index >= 15 is 0 Å². The van der Waals surface area contributed by atoms with Gasteiger partial charge >= 0.3 is 0 Å². The molecule has 0 heterocycles. The lowest BCUT2D eigenvalue weighted by atomic mass is 9.96. The van der Waals surface area contributed by atoms with E-state index in [2.05, 4.69) is 36.9 Å². The molecule has 2 aromatic carbocycles. The first kappa shape index (κ1) is 10.4. The van der Waals surface area contributed by atoms with Crippen molar-refractivity contribution in [3.05, 3.63) is 65.0 Å². The SMILES string of the molecule is [C-]#[N+]c1ccc(-c2c(C)cccc2C)cc1. The smallest absolute Gasteiger partial charge is 0.187 e. The zero-order chi connectivity index (χ0) is 11.5. The van der Waals surface area contributed by atoms with Gasteiger partial charge in [0.15, 0.2) is 5.69 Å². The Morgan fingerprint density at radius 3 is 1.94 bits per heavy atom. The molecule has 1 heteroatoms. The molecule has 1 nitrogen and oxygen atoms in total. The summed E-state index contributed by atoms with van der Waals surface area (Å²) in [7, 11) is 0. The zero-order valence-corrected chi connectivity index (χ0v) is 9.49. The van der Waals surface area contributed by atoms with Crippen LogP contribution in [0.1, 0.15) is 11.1 Å². The first-order valence-corrected chi connectivity index (χ1v) is 5.26. The maximum absolute atomic E-state index is 6.93. The Balaban J connectivity index is 2.55. The Morgan fingerprint density at radius 2 is 1.44 bits per heavy atom. The lowest BCUT2D eigenvalue weighted by molar-refractivity contribution is 1.38. The molecule has 0 fully saturated rings. The van der Waals surface area contributed by atoms with Gasteiger partial charge in [0.05, 0.1) is 6.57 Å². The molecule has 0 unspecified atom stereocenters. The summed E-state index contributed by atoms with van der Waals surface area (Å²) >= 11 is 0. The van der Waals surface area contributed by atoms with E-state index < -0.39 is 0 Å². The van der Waals surface area contributed by atoms with Crippen LogP contribution in [-0.2, 0) is 0 Å². The van der Waals surface area contributed by atoms with Crippen LogP contribution in [-0.4, -0.2) is 0 Å². The number of nitrogens with zero attached hydrogens (tertiary/aromatic N) is 1. The predicted octanol–water partition coefficient (Wildman–Crippen LogP) is 4.52. The van der Waals surface area contributed by atoms with Gasteiger partial charge in [-0.1, -0.05) is 42.5 Å². The number of hydrogen-bond donors (Lipinski definition) is 0. The third-order valence-corrected chi connectivity index (χ3v) is 2.77. The Kier molecular flexibility index (Phi) is 2.74. The quantitative estimate of drug-likeness (QED) is 0.605. The summed E-state index contributed by atoms with van der Waals surface area (Å²) in [5, 5.41) is 0. The van der Waals surface area contributed by atoms with E-state index in [1.165, 1.54) is 22.3 Å². The number of benzene rings is 2. The summed E-state index contributed by atoms with van der Waals surface area (Å²) in [5.74, 6) is 0. The van der Waals surface area contributed by atoms with Gasteiger partial charge in [0, 0.05) is 0 Å². The highest BCUT2D eigenvalue weighted by molar-refractivity contribution is 5.72. The molecule has 0 saturated heterocycles. The molecular weight excluding hydrogens is 194 g/mol. The number of hydrogen-bond acceptors (Lipinski definition) is 0. The molecule has 0 spiro atoms. The van der Waals surface area contributed by atoms with Gasteiger partial charge in [0.25, 0.3) is 0 Å². The summed E-state index contributed by atoms with van der Waals surface area (Å²) in [6.45, 7) is 11.2. The fraction of sp³-hybridized carbons (Fsp3) is 0.133. The van der Waals surface area contributed by atoms with Crippen molar-refractivity contribution in [1.29, 1.82) is 0 Å². The average Bonchev–Trinajstić information content (AvgIpc) is 2.30. The second kappa shape index (κ2) is 4.20.